The first-order valence-corrected chi connectivity index (χ1v) is 9.24. The van der Waals surface area contributed by atoms with E-state index in [0.29, 0.717) is 31.7 Å². The minimum Gasteiger partial charge on any atom is -0.356 e. The summed E-state index contributed by atoms with van der Waals surface area (Å²) in [6, 6.07) is 5.36. The normalized spacial score (nSPS) is 25.6. The van der Waals surface area contributed by atoms with Gasteiger partial charge in [0, 0.05) is 44.0 Å². The number of aryl methyl sites for hydroxylation is 1. The molecule has 4 amide bonds. The molecule has 0 saturated carbocycles. The van der Waals surface area contributed by atoms with Gasteiger partial charge in [0.05, 0.1) is 5.41 Å². The van der Waals surface area contributed by atoms with Gasteiger partial charge in [-0.3, -0.25) is 14.5 Å². The average Bonchev–Trinajstić information content (AvgIpc) is 3.25. The lowest BCUT2D eigenvalue weighted by molar-refractivity contribution is -0.132. The first-order chi connectivity index (χ1) is 12.5. The first-order valence-electron chi connectivity index (χ1n) is 9.24. The number of amides is 4. The van der Waals surface area contributed by atoms with Gasteiger partial charge < -0.3 is 15.5 Å². The van der Waals surface area contributed by atoms with E-state index in [1.54, 1.807) is 21.9 Å². The molecule has 1 atom stereocenters. The van der Waals surface area contributed by atoms with Crippen LogP contribution in [0.1, 0.15) is 35.2 Å². The molecule has 1 aromatic rings. The minimum atomic E-state index is -0.420. The Morgan fingerprint density at radius 2 is 1.96 bits per heavy atom. The number of hydrogen-bond donors (Lipinski definition) is 2. The Balaban J connectivity index is 1.55. The van der Waals surface area contributed by atoms with Gasteiger partial charge in [0.25, 0.3) is 5.91 Å². The predicted octanol–water partition coefficient (Wildman–Crippen LogP) is 1.27. The molecule has 1 spiro atoms. The molecule has 3 heterocycles. The third-order valence-electron chi connectivity index (χ3n) is 5.84. The lowest BCUT2D eigenvalue weighted by Gasteiger charge is -2.32. The van der Waals surface area contributed by atoms with Gasteiger partial charge in [0.15, 0.2) is 0 Å². The molecule has 3 fully saturated rings. The third kappa shape index (κ3) is 2.71. The molecule has 1 aromatic carbocycles. The van der Waals surface area contributed by atoms with Crippen LogP contribution in [0.2, 0.25) is 0 Å². The zero-order valence-corrected chi connectivity index (χ0v) is 15.0. The van der Waals surface area contributed by atoms with Crippen LogP contribution in [0, 0.1) is 12.3 Å². The van der Waals surface area contributed by atoms with Crippen LogP contribution in [0.25, 0.3) is 0 Å². The number of nitrogens with zero attached hydrogens (tertiary/aromatic N) is 2. The second-order valence-electron chi connectivity index (χ2n) is 7.50. The van der Waals surface area contributed by atoms with Gasteiger partial charge in [-0.05, 0) is 43.9 Å². The molecule has 4 rings (SSSR count). The first kappa shape index (κ1) is 16.9. The highest BCUT2D eigenvalue weighted by Gasteiger charge is 2.47. The number of benzene rings is 1. The Kier molecular flexibility index (Phi) is 4.09. The number of carbonyl (C=O) groups is 3. The van der Waals surface area contributed by atoms with Crippen LogP contribution in [0.15, 0.2) is 18.2 Å². The number of urea groups is 1. The molecular formula is C19H24N4O3. The van der Waals surface area contributed by atoms with Crippen LogP contribution < -0.4 is 15.5 Å². The van der Waals surface area contributed by atoms with Crippen molar-refractivity contribution in [1.29, 1.82) is 0 Å². The van der Waals surface area contributed by atoms with E-state index in [-0.39, 0.29) is 17.8 Å². The van der Waals surface area contributed by atoms with Gasteiger partial charge in [-0.1, -0.05) is 6.07 Å². The summed E-state index contributed by atoms with van der Waals surface area (Å²) < 4.78 is 0. The fraction of sp³-hybridized carbons (Fsp3) is 0.526. The average molecular weight is 356 g/mol. The van der Waals surface area contributed by atoms with Crippen molar-refractivity contribution in [2.45, 2.75) is 26.2 Å². The quantitative estimate of drug-likeness (QED) is 0.837. The predicted molar refractivity (Wildman–Crippen MR) is 97.1 cm³/mol. The SMILES string of the molecule is Cc1ccc(C(=O)N2CC[C@@]3(CCCNC3=O)C2)cc1N1CCNC1=O. The smallest absolute Gasteiger partial charge is 0.322 e. The van der Waals surface area contributed by atoms with Crippen LogP contribution in [-0.2, 0) is 4.79 Å². The summed E-state index contributed by atoms with van der Waals surface area (Å²) in [4.78, 5) is 40.8. The molecule has 0 unspecified atom stereocenters. The second kappa shape index (κ2) is 6.30. The van der Waals surface area contributed by atoms with E-state index < -0.39 is 5.41 Å². The van der Waals surface area contributed by atoms with Crippen molar-refractivity contribution < 1.29 is 14.4 Å². The molecule has 7 nitrogen and oxygen atoms in total. The molecule has 0 radical (unpaired) electrons. The van der Waals surface area contributed by atoms with Crippen molar-refractivity contribution in [3.63, 3.8) is 0 Å². The van der Waals surface area contributed by atoms with E-state index in [4.69, 9.17) is 0 Å². The summed E-state index contributed by atoms with van der Waals surface area (Å²) in [5.74, 6) is 0.0125. The Morgan fingerprint density at radius 3 is 2.69 bits per heavy atom. The van der Waals surface area contributed by atoms with E-state index in [1.165, 1.54) is 0 Å². The van der Waals surface area contributed by atoms with Gasteiger partial charge in [-0.15, -0.1) is 0 Å². The second-order valence-corrected chi connectivity index (χ2v) is 7.50. The van der Waals surface area contributed by atoms with Crippen LogP contribution in [0.3, 0.4) is 0 Å². The number of carbonyl (C=O) groups excluding carboxylic acids is 3. The van der Waals surface area contributed by atoms with Gasteiger partial charge in [0.2, 0.25) is 5.91 Å². The fourth-order valence-corrected chi connectivity index (χ4v) is 4.28. The molecule has 0 bridgehead atoms. The van der Waals surface area contributed by atoms with Gasteiger partial charge in [0.1, 0.15) is 0 Å². The van der Waals surface area contributed by atoms with E-state index in [9.17, 15) is 14.4 Å². The Labute approximate surface area is 152 Å². The fourth-order valence-electron chi connectivity index (χ4n) is 4.28. The van der Waals surface area contributed by atoms with Crippen LogP contribution in [-0.4, -0.2) is 55.5 Å². The minimum absolute atomic E-state index is 0.0684. The van der Waals surface area contributed by atoms with Crippen molar-refractivity contribution in [3.8, 4) is 0 Å². The van der Waals surface area contributed by atoms with Crippen molar-refractivity contribution in [3.05, 3.63) is 29.3 Å². The van der Waals surface area contributed by atoms with E-state index in [0.717, 1.165) is 37.1 Å². The summed E-state index contributed by atoms with van der Waals surface area (Å²) in [6.45, 7) is 4.95. The number of rotatable bonds is 2. The molecule has 3 saturated heterocycles. The highest BCUT2D eigenvalue weighted by Crippen LogP contribution is 2.38. The molecule has 2 N–H and O–H groups in total. The summed E-state index contributed by atoms with van der Waals surface area (Å²) in [5, 5.41) is 5.73. The van der Waals surface area contributed by atoms with Crippen LogP contribution in [0.5, 0.6) is 0 Å². The molecule has 3 aliphatic heterocycles. The van der Waals surface area contributed by atoms with Crippen LogP contribution >= 0.6 is 0 Å². The molecule has 0 aliphatic carbocycles. The zero-order chi connectivity index (χ0) is 18.3. The maximum Gasteiger partial charge on any atom is 0.322 e. The van der Waals surface area contributed by atoms with E-state index in [1.807, 2.05) is 13.0 Å². The molecule has 7 heteroatoms. The zero-order valence-electron chi connectivity index (χ0n) is 15.0. The Bertz CT molecular complexity index is 778. The van der Waals surface area contributed by atoms with E-state index in [2.05, 4.69) is 10.6 Å². The van der Waals surface area contributed by atoms with E-state index >= 15 is 0 Å². The number of likely N-dealkylation sites (tertiary alicyclic amines) is 1. The maximum atomic E-state index is 13.0. The molecule has 3 aliphatic rings. The molecular weight excluding hydrogens is 332 g/mol. The summed E-state index contributed by atoms with van der Waals surface area (Å²) in [7, 11) is 0. The van der Waals surface area contributed by atoms with Gasteiger partial charge in [-0.25, -0.2) is 4.79 Å². The monoisotopic (exact) mass is 356 g/mol. The molecule has 0 aromatic heterocycles. The highest BCUT2D eigenvalue weighted by molar-refractivity contribution is 5.99. The summed E-state index contributed by atoms with van der Waals surface area (Å²) in [5.41, 5.74) is 1.88. The Hall–Kier alpha value is -2.57. The standard InChI is InChI=1S/C19H24N4O3/c1-13-3-4-14(11-15(13)23-10-8-21-18(23)26)16(24)22-9-6-19(12-22)5-2-7-20-17(19)25/h3-4,11H,2,5-10,12H2,1H3,(H,20,25)(H,21,26)/t19-/m0/s1. The summed E-state index contributed by atoms with van der Waals surface area (Å²) in [6.07, 6.45) is 2.53. The topological polar surface area (TPSA) is 81.8 Å². The number of nitrogens with one attached hydrogen (secondary N) is 2. The van der Waals surface area contributed by atoms with Gasteiger partial charge >= 0.3 is 6.03 Å². The molecule has 138 valence electrons. The summed E-state index contributed by atoms with van der Waals surface area (Å²) >= 11 is 0. The number of anilines is 1. The highest BCUT2D eigenvalue weighted by atomic mass is 16.2. The molecule has 26 heavy (non-hydrogen) atoms. The number of hydrogen-bond acceptors (Lipinski definition) is 3. The van der Waals surface area contributed by atoms with Crippen molar-refractivity contribution >= 4 is 23.5 Å². The third-order valence-corrected chi connectivity index (χ3v) is 5.84. The largest absolute Gasteiger partial charge is 0.356 e. The number of piperidine rings is 1. The van der Waals surface area contributed by atoms with Gasteiger partial charge in [-0.2, -0.15) is 0 Å². The van der Waals surface area contributed by atoms with Crippen molar-refractivity contribution in [2.24, 2.45) is 5.41 Å². The maximum absolute atomic E-state index is 13.0. The van der Waals surface area contributed by atoms with Crippen molar-refractivity contribution in [2.75, 3.05) is 37.6 Å². The lowest BCUT2D eigenvalue weighted by atomic mass is 9.79. The Morgan fingerprint density at radius 1 is 1.12 bits per heavy atom. The van der Waals surface area contributed by atoms with Crippen LogP contribution in [0.4, 0.5) is 10.5 Å². The lowest BCUT2D eigenvalue weighted by Crippen LogP contribution is -2.47. The van der Waals surface area contributed by atoms with Crippen molar-refractivity contribution in [1.82, 2.24) is 15.5 Å².